The molecule has 0 saturated heterocycles. The minimum atomic E-state index is 0.0141. The Hall–Kier alpha value is -1.65. The van der Waals surface area contributed by atoms with E-state index in [1.807, 2.05) is 48.5 Å². The average Bonchev–Trinajstić information content (AvgIpc) is 2.61. The number of rotatable bonds is 9. The van der Waals surface area contributed by atoms with Crippen LogP contribution in [-0.4, -0.2) is 18.8 Å². The van der Waals surface area contributed by atoms with Gasteiger partial charge < -0.3 is 10.1 Å². The van der Waals surface area contributed by atoms with Crippen LogP contribution < -0.4 is 10.1 Å². The number of amides is 1. The molecule has 140 valence electrons. The van der Waals surface area contributed by atoms with Crippen molar-refractivity contribution in [1.82, 2.24) is 5.32 Å². The first-order valence-corrected chi connectivity index (χ1v) is 10.3. The Kier molecular flexibility index (Phi) is 8.33. The minimum Gasteiger partial charge on any atom is -0.497 e. The summed E-state index contributed by atoms with van der Waals surface area (Å²) in [6.07, 6.45) is 0.900. The van der Waals surface area contributed by atoms with Gasteiger partial charge in [-0.15, -0.1) is 11.8 Å². The van der Waals surface area contributed by atoms with Crippen LogP contribution in [0, 0.1) is 5.92 Å². The first kappa shape index (κ1) is 20.7. The summed E-state index contributed by atoms with van der Waals surface area (Å²) in [5.41, 5.74) is 2.23. The average molecular weight is 392 g/mol. The third-order valence-electron chi connectivity index (χ3n) is 3.95. The van der Waals surface area contributed by atoms with Gasteiger partial charge >= 0.3 is 0 Å². The first-order valence-electron chi connectivity index (χ1n) is 8.73. The molecule has 0 saturated carbocycles. The number of ether oxygens (including phenoxy) is 1. The zero-order valence-corrected chi connectivity index (χ0v) is 17.1. The lowest BCUT2D eigenvalue weighted by molar-refractivity contribution is -0.119. The summed E-state index contributed by atoms with van der Waals surface area (Å²) in [4.78, 5) is 12.4. The highest BCUT2D eigenvalue weighted by Crippen LogP contribution is 2.24. The predicted molar refractivity (Wildman–Crippen MR) is 111 cm³/mol. The van der Waals surface area contributed by atoms with Gasteiger partial charge in [-0.2, -0.15) is 0 Å². The highest BCUT2D eigenvalue weighted by molar-refractivity contribution is 7.99. The van der Waals surface area contributed by atoms with Crippen LogP contribution in [0.25, 0.3) is 0 Å². The molecular weight excluding hydrogens is 366 g/mol. The lowest BCUT2D eigenvalue weighted by atomic mass is 9.97. The van der Waals surface area contributed by atoms with Crippen LogP contribution in [-0.2, 0) is 10.5 Å². The summed E-state index contributed by atoms with van der Waals surface area (Å²) >= 11 is 7.59. The molecule has 26 heavy (non-hydrogen) atoms. The quantitative estimate of drug-likeness (QED) is 0.614. The summed E-state index contributed by atoms with van der Waals surface area (Å²) in [5.74, 6) is 2.56. The normalized spacial score (nSPS) is 12.0. The van der Waals surface area contributed by atoms with Gasteiger partial charge in [0.1, 0.15) is 5.75 Å². The summed E-state index contributed by atoms with van der Waals surface area (Å²) in [5, 5.41) is 3.90. The molecule has 0 aliphatic heterocycles. The van der Waals surface area contributed by atoms with E-state index in [-0.39, 0.29) is 11.9 Å². The van der Waals surface area contributed by atoms with Crippen LogP contribution in [0.15, 0.2) is 48.5 Å². The third-order valence-corrected chi connectivity index (χ3v) is 5.19. The molecule has 0 aromatic heterocycles. The van der Waals surface area contributed by atoms with Crippen LogP contribution in [0.4, 0.5) is 0 Å². The van der Waals surface area contributed by atoms with E-state index in [4.69, 9.17) is 16.3 Å². The van der Waals surface area contributed by atoms with Crippen molar-refractivity contribution in [2.45, 2.75) is 32.1 Å². The summed E-state index contributed by atoms with van der Waals surface area (Å²) in [7, 11) is 1.65. The summed E-state index contributed by atoms with van der Waals surface area (Å²) in [6, 6.07) is 15.7. The van der Waals surface area contributed by atoms with Crippen molar-refractivity contribution < 1.29 is 9.53 Å². The van der Waals surface area contributed by atoms with E-state index in [1.54, 1.807) is 18.9 Å². The van der Waals surface area contributed by atoms with Crippen LogP contribution in [0.3, 0.4) is 0 Å². The molecule has 3 nitrogen and oxygen atoms in total. The first-order chi connectivity index (χ1) is 12.5. The van der Waals surface area contributed by atoms with Crippen LogP contribution in [0.2, 0.25) is 5.02 Å². The fourth-order valence-corrected chi connectivity index (χ4v) is 3.71. The largest absolute Gasteiger partial charge is 0.497 e. The Labute approximate surface area is 165 Å². The van der Waals surface area contributed by atoms with Gasteiger partial charge in [0.2, 0.25) is 5.91 Å². The maximum Gasteiger partial charge on any atom is 0.230 e. The molecule has 1 N–H and O–H groups in total. The fourth-order valence-electron chi connectivity index (χ4n) is 2.71. The molecule has 2 rings (SSSR count). The molecule has 0 aliphatic carbocycles. The Balaban J connectivity index is 1.90. The van der Waals surface area contributed by atoms with Gasteiger partial charge in [-0.3, -0.25) is 4.79 Å². The lowest BCUT2D eigenvalue weighted by Crippen LogP contribution is -2.30. The lowest BCUT2D eigenvalue weighted by Gasteiger charge is -2.21. The zero-order valence-electron chi connectivity index (χ0n) is 15.5. The minimum absolute atomic E-state index is 0.0141. The number of hydrogen-bond acceptors (Lipinski definition) is 3. The molecule has 5 heteroatoms. The molecule has 1 amide bonds. The van der Waals surface area contributed by atoms with Gasteiger partial charge in [0.15, 0.2) is 0 Å². The van der Waals surface area contributed by atoms with Crippen molar-refractivity contribution >= 4 is 29.3 Å². The number of carbonyl (C=O) groups is 1. The Bertz CT molecular complexity index is 703. The van der Waals surface area contributed by atoms with Gasteiger partial charge in [0.05, 0.1) is 18.9 Å². The van der Waals surface area contributed by atoms with Crippen molar-refractivity contribution in [3.63, 3.8) is 0 Å². The second-order valence-electron chi connectivity index (χ2n) is 6.65. The number of halogens is 1. The maximum atomic E-state index is 12.4. The van der Waals surface area contributed by atoms with Gasteiger partial charge in [-0.1, -0.05) is 49.7 Å². The van der Waals surface area contributed by atoms with E-state index in [2.05, 4.69) is 19.2 Å². The fraction of sp³-hybridized carbons (Fsp3) is 0.381. The molecular formula is C21H26ClNO2S. The number of benzene rings is 2. The summed E-state index contributed by atoms with van der Waals surface area (Å²) in [6.45, 7) is 4.33. The van der Waals surface area contributed by atoms with Crippen molar-refractivity contribution in [3.8, 4) is 5.75 Å². The number of nitrogens with one attached hydrogen (secondary N) is 1. The molecule has 0 bridgehead atoms. The van der Waals surface area contributed by atoms with Crippen molar-refractivity contribution in [2.24, 2.45) is 5.92 Å². The number of thioether (sulfide) groups is 1. The number of carbonyl (C=O) groups excluding carboxylic acids is 1. The number of methoxy groups -OCH3 is 1. The molecule has 1 atom stereocenters. The maximum absolute atomic E-state index is 12.4. The molecule has 2 aromatic carbocycles. The van der Waals surface area contributed by atoms with Crippen LogP contribution in [0.1, 0.15) is 37.4 Å². The standard InChI is InChI=1S/C21H26ClNO2S/c1-15(2)11-20(17-7-9-19(25-3)10-8-17)23-21(24)14-26-13-16-5-4-6-18(22)12-16/h4-10,12,15,20H,11,13-14H2,1-3H3,(H,23,24)/t20-/m1/s1. The van der Waals surface area contributed by atoms with Gasteiger partial charge in [-0.05, 0) is 47.7 Å². The monoisotopic (exact) mass is 391 g/mol. The van der Waals surface area contributed by atoms with Crippen LogP contribution in [0.5, 0.6) is 5.75 Å². The van der Waals surface area contributed by atoms with Crippen molar-refractivity contribution in [1.29, 1.82) is 0 Å². The van der Waals surface area contributed by atoms with Crippen molar-refractivity contribution in [2.75, 3.05) is 12.9 Å². The molecule has 0 fully saturated rings. The SMILES string of the molecule is COc1ccc([C@@H](CC(C)C)NC(=O)CSCc2cccc(Cl)c2)cc1. The molecule has 0 aliphatic rings. The van der Waals surface area contributed by atoms with E-state index in [0.29, 0.717) is 11.7 Å². The molecule has 0 radical (unpaired) electrons. The highest BCUT2D eigenvalue weighted by atomic mass is 35.5. The van der Waals surface area contributed by atoms with Gasteiger partial charge in [-0.25, -0.2) is 0 Å². The number of hydrogen-bond donors (Lipinski definition) is 1. The second-order valence-corrected chi connectivity index (χ2v) is 8.07. The smallest absolute Gasteiger partial charge is 0.230 e. The Morgan fingerprint density at radius 2 is 1.92 bits per heavy atom. The van der Waals surface area contributed by atoms with E-state index < -0.39 is 0 Å². The summed E-state index contributed by atoms with van der Waals surface area (Å²) < 4.78 is 5.21. The highest BCUT2D eigenvalue weighted by Gasteiger charge is 2.16. The van der Waals surface area contributed by atoms with Crippen LogP contribution >= 0.6 is 23.4 Å². The van der Waals surface area contributed by atoms with Crippen molar-refractivity contribution in [3.05, 3.63) is 64.7 Å². The van der Waals surface area contributed by atoms with Gasteiger partial charge in [0, 0.05) is 10.8 Å². The van der Waals surface area contributed by atoms with Gasteiger partial charge in [0.25, 0.3) is 0 Å². The third kappa shape index (κ3) is 6.93. The zero-order chi connectivity index (χ0) is 18.9. The molecule has 0 spiro atoms. The van der Waals surface area contributed by atoms with E-state index in [1.165, 1.54) is 0 Å². The van der Waals surface area contributed by atoms with E-state index >= 15 is 0 Å². The molecule has 2 aromatic rings. The van der Waals surface area contributed by atoms with E-state index in [9.17, 15) is 4.79 Å². The molecule has 0 heterocycles. The van der Waals surface area contributed by atoms with E-state index in [0.717, 1.165) is 34.1 Å². The molecule has 0 unspecified atom stereocenters. The Morgan fingerprint density at radius 3 is 2.54 bits per heavy atom. The predicted octanol–water partition coefficient (Wildman–Crippen LogP) is 5.49. The Morgan fingerprint density at radius 1 is 1.19 bits per heavy atom. The topological polar surface area (TPSA) is 38.3 Å². The second kappa shape index (κ2) is 10.5.